The van der Waals surface area contributed by atoms with Crippen molar-refractivity contribution in [1.82, 2.24) is 29.3 Å². The first-order valence-corrected chi connectivity index (χ1v) is 14.5. The lowest BCUT2D eigenvalue weighted by atomic mass is 10.2. The minimum atomic E-state index is -4.46. The van der Waals surface area contributed by atoms with Crippen LogP contribution in [-0.2, 0) is 34.0 Å². The molecule has 1 fully saturated rings. The van der Waals surface area contributed by atoms with Crippen molar-refractivity contribution in [3.63, 3.8) is 0 Å². The van der Waals surface area contributed by atoms with Gasteiger partial charge in [-0.3, -0.25) is 13.6 Å². The number of rotatable bonds is 12. The van der Waals surface area contributed by atoms with Crippen LogP contribution in [0.4, 0.5) is 5.82 Å². The molecule has 4 atom stereocenters. The van der Waals surface area contributed by atoms with E-state index in [1.165, 1.54) is 17.2 Å². The second-order valence-electron chi connectivity index (χ2n) is 7.24. The molecular formula is C14H24N7O10PS2. The van der Waals surface area contributed by atoms with Gasteiger partial charge in [0.05, 0.1) is 30.5 Å². The number of sulfonamides is 1. The molecule has 2 aromatic rings. The standard InChI is InChI=1S/C14H24N7O10PS2/c15-13-12-14(17-7-16-13)21(8-18-12)11-5-9(22)10(31-11)6-30-32(23,24)19-1-3-33(25,26)20-2-4-34(27,28)29/h7-11,20,22H,1-6H2,(H2,15,16,17)(H2,19,23,24)(H,27,28,29)/t9-,10+,11+/m0/s1. The first kappa shape index (κ1) is 26.8. The number of nitrogens with two attached hydrogens (primary N) is 1. The third-order valence-electron chi connectivity index (χ3n) is 4.68. The lowest BCUT2D eigenvalue weighted by molar-refractivity contribution is -0.0400. The molecule has 1 aliphatic heterocycles. The summed E-state index contributed by atoms with van der Waals surface area (Å²) in [7, 11) is -12.8. The molecule has 17 nitrogen and oxygen atoms in total. The van der Waals surface area contributed by atoms with Crippen LogP contribution < -0.4 is 15.5 Å². The second kappa shape index (κ2) is 10.4. The fourth-order valence-corrected chi connectivity index (χ4v) is 5.46. The fourth-order valence-electron chi connectivity index (χ4n) is 3.06. The molecule has 1 aliphatic rings. The molecule has 1 unspecified atom stereocenters. The van der Waals surface area contributed by atoms with Gasteiger partial charge in [-0.2, -0.15) is 8.42 Å². The van der Waals surface area contributed by atoms with E-state index in [0.717, 1.165) is 0 Å². The molecule has 7 N–H and O–H groups in total. The van der Waals surface area contributed by atoms with Gasteiger partial charge in [0, 0.05) is 19.5 Å². The van der Waals surface area contributed by atoms with E-state index in [-0.39, 0.29) is 12.2 Å². The fraction of sp³-hybridized carbons (Fsp3) is 0.643. The number of hydrogen-bond acceptors (Lipinski definition) is 12. The Morgan fingerprint density at radius 2 is 1.97 bits per heavy atom. The highest BCUT2D eigenvalue weighted by molar-refractivity contribution is 7.89. The largest absolute Gasteiger partial charge is 0.403 e. The van der Waals surface area contributed by atoms with Crippen molar-refractivity contribution in [2.24, 2.45) is 0 Å². The molecule has 0 aromatic carbocycles. The van der Waals surface area contributed by atoms with E-state index in [2.05, 4.69) is 15.0 Å². The molecule has 0 aliphatic carbocycles. The molecular weight excluding hydrogens is 521 g/mol. The molecule has 20 heteroatoms. The highest BCUT2D eigenvalue weighted by Gasteiger charge is 2.37. The topological polar surface area (TPSA) is 258 Å². The molecule has 1 saturated heterocycles. The molecule has 0 saturated carbocycles. The third-order valence-corrected chi connectivity index (χ3v) is 7.91. The van der Waals surface area contributed by atoms with Crippen LogP contribution in [-0.4, -0.2) is 94.3 Å². The quantitative estimate of drug-likeness (QED) is 0.120. The van der Waals surface area contributed by atoms with Crippen LogP contribution >= 0.6 is 7.75 Å². The van der Waals surface area contributed by atoms with Crippen molar-refractivity contribution in [3.8, 4) is 0 Å². The third kappa shape index (κ3) is 7.35. The number of anilines is 1. The van der Waals surface area contributed by atoms with Crippen molar-refractivity contribution in [1.29, 1.82) is 0 Å². The highest BCUT2D eigenvalue weighted by atomic mass is 32.2. The number of nitrogens with one attached hydrogen (secondary N) is 2. The Bertz CT molecular complexity index is 1270. The number of hydrogen-bond donors (Lipinski definition) is 6. The van der Waals surface area contributed by atoms with Gasteiger partial charge in [0.25, 0.3) is 10.1 Å². The predicted molar refractivity (Wildman–Crippen MR) is 116 cm³/mol. The summed E-state index contributed by atoms with van der Waals surface area (Å²) in [6, 6.07) is 0. The Labute approximate surface area is 194 Å². The Kier molecular flexibility index (Phi) is 8.23. The number of aliphatic hydroxyl groups is 1. The minimum Gasteiger partial charge on any atom is -0.390 e. The zero-order valence-corrected chi connectivity index (χ0v) is 20.0. The molecule has 0 bridgehead atoms. The first-order chi connectivity index (χ1) is 15.8. The van der Waals surface area contributed by atoms with Gasteiger partial charge in [0.1, 0.15) is 24.2 Å². The SMILES string of the molecule is Nc1ncnc2c1ncn2[C@H]1C[C@H](O)[C@@H](COP(=O)(O)NCCS(=O)(=O)NCCS(=O)(=O)O)O1. The summed E-state index contributed by atoms with van der Waals surface area (Å²) >= 11 is 0. The van der Waals surface area contributed by atoms with E-state index >= 15 is 0 Å². The van der Waals surface area contributed by atoms with Gasteiger partial charge in [0.2, 0.25) is 10.0 Å². The van der Waals surface area contributed by atoms with Gasteiger partial charge in [-0.05, 0) is 0 Å². The van der Waals surface area contributed by atoms with E-state index in [0.29, 0.717) is 11.2 Å². The number of aromatic nitrogens is 4. The zero-order chi connectivity index (χ0) is 25.1. The number of fused-ring (bicyclic) bond motifs is 1. The first-order valence-electron chi connectivity index (χ1n) is 9.68. The summed E-state index contributed by atoms with van der Waals surface area (Å²) in [4.78, 5) is 21.9. The number of imidazole rings is 1. The van der Waals surface area contributed by atoms with Crippen LogP contribution in [0.1, 0.15) is 12.6 Å². The van der Waals surface area contributed by atoms with Gasteiger partial charge < -0.3 is 20.5 Å². The summed E-state index contributed by atoms with van der Waals surface area (Å²) in [5, 5.41) is 12.3. The van der Waals surface area contributed by atoms with Gasteiger partial charge >= 0.3 is 7.75 Å². The Morgan fingerprint density at radius 1 is 1.24 bits per heavy atom. The maximum absolute atomic E-state index is 12.1. The molecule has 2 aromatic heterocycles. The summed E-state index contributed by atoms with van der Waals surface area (Å²) in [6.07, 6.45) is 0.0515. The van der Waals surface area contributed by atoms with Crippen LogP contribution in [0, 0.1) is 0 Å². The summed E-state index contributed by atoms with van der Waals surface area (Å²) in [5.74, 6) is -1.32. The van der Waals surface area contributed by atoms with Crippen molar-refractivity contribution in [2.45, 2.75) is 24.9 Å². The summed E-state index contributed by atoms with van der Waals surface area (Å²) in [5.41, 5.74) is 6.48. The van der Waals surface area contributed by atoms with Crippen LogP contribution in [0.3, 0.4) is 0 Å². The Hall–Kier alpha value is -1.80. The monoisotopic (exact) mass is 545 g/mol. The molecule has 0 amide bonds. The van der Waals surface area contributed by atoms with Gasteiger partial charge in [-0.1, -0.05) is 0 Å². The molecule has 0 spiro atoms. The van der Waals surface area contributed by atoms with Crippen molar-refractivity contribution in [2.75, 3.05) is 36.9 Å². The molecule has 3 heterocycles. The predicted octanol–water partition coefficient (Wildman–Crippen LogP) is -2.43. The minimum absolute atomic E-state index is 0.111. The Morgan fingerprint density at radius 3 is 2.68 bits per heavy atom. The normalized spacial score (nSPS) is 23.3. The van der Waals surface area contributed by atoms with Crippen molar-refractivity contribution >= 4 is 44.9 Å². The number of nitrogen functional groups attached to an aromatic ring is 1. The summed E-state index contributed by atoms with van der Waals surface area (Å²) in [6.45, 7) is -1.55. The average molecular weight is 545 g/mol. The lowest BCUT2D eigenvalue weighted by Crippen LogP contribution is -2.34. The summed E-state index contributed by atoms with van der Waals surface area (Å²) < 4.78 is 79.5. The molecule has 192 valence electrons. The molecule has 3 rings (SSSR count). The van der Waals surface area contributed by atoms with E-state index in [4.69, 9.17) is 19.5 Å². The van der Waals surface area contributed by atoms with Gasteiger partial charge in [0.15, 0.2) is 11.5 Å². The number of aliphatic hydroxyl groups excluding tert-OH is 1. The van der Waals surface area contributed by atoms with E-state index < -0.39 is 77.5 Å². The van der Waals surface area contributed by atoms with Crippen molar-refractivity contribution in [3.05, 3.63) is 12.7 Å². The van der Waals surface area contributed by atoms with Crippen molar-refractivity contribution < 1.29 is 45.2 Å². The van der Waals surface area contributed by atoms with E-state index in [1.807, 2.05) is 9.81 Å². The zero-order valence-electron chi connectivity index (χ0n) is 17.5. The van der Waals surface area contributed by atoms with E-state index in [9.17, 15) is 31.4 Å². The molecule has 34 heavy (non-hydrogen) atoms. The smallest absolute Gasteiger partial charge is 0.390 e. The van der Waals surface area contributed by atoms with Gasteiger partial charge in [-0.25, -0.2) is 37.7 Å². The van der Waals surface area contributed by atoms with Crippen LogP contribution in [0.2, 0.25) is 0 Å². The number of ether oxygens (including phenoxy) is 1. The van der Waals surface area contributed by atoms with Crippen LogP contribution in [0.15, 0.2) is 12.7 Å². The lowest BCUT2D eigenvalue weighted by Gasteiger charge is -2.18. The van der Waals surface area contributed by atoms with Crippen LogP contribution in [0.5, 0.6) is 0 Å². The van der Waals surface area contributed by atoms with E-state index in [1.54, 1.807) is 0 Å². The average Bonchev–Trinajstić information content (AvgIpc) is 3.29. The maximum Gasteiger partial charge on any atom is 0.403 e. The van der Waals surface area contributed by atoms with Gasteiger partial charge in [-0.15, -0.1) is 0 Å². The highest BCUT2D eigenvalue weighted by Crippen LogP contribution is 2.39. The maximum atomic E-state index is 12.1. The number of nitrogens with zero attached hydrogens (tertiary/aromatic N) is 4. The second-order valence-corrected chi connectivity index (χ2v) is 12.4. The molecule has 0 radical (unpaired) electrons. The van der Waals surface area contributed by atoms with Crippen LogP contribution in [0.25, 0.3) is 11.2 Å². The Balaban J connectivity index is 1.47.